The molecule has 0 radical (unpaired) electrons. The molecule has 0 spiro atoms. The maximum atomic E-state index is 15.0. The zero-order chi connectivity index (χ0) is 77.4. The molecule has 102 heavy (non-hydrogen) atoms. The van der Waals surface area contributed by atoms with Crippen molar-refractivity contribution < 1.29 is 77.0 Å². The summed E-state index contributed by atoms with van der Waals surface area (Å²) in [7, 11) is 0. The molecule has 13 amide bonds. The van der Waals surface area contributed by atoms with Crippen molar-refractivity contribution in [2.24, 2.45) is 41.2 Å². The Morgan fingerprint density at radius 1 is 0.647 bits per heavy atom. The molecule has 0 saturated carbocycles. The molecular formula is C72H118N14O16. The predicted molar refractivity (Wildman–Crippen MR) is 383 cm³/mol. The first-order valence-corrected chi connectivity index (χ1v) is 35.7. The number of hydrogen-bond acceptors (Lipinski definition) is 17. The zero-order valence-corrected chi connectivity index (χ0v) is 63.1. The molecule has 1 fully saturated rings. The number of nitrogens with zero attached hydrogens (tertiary/aromatic N) is 1. The maximum Gasteiger partial charge on any atom is 0.355 e. The Bertz CT molecular complexity index is 3100. The molecule has 13 atom stereocenters. The lowest BCUT2D eigenvalue weighted by Crippen LogP contribution is -2.64. The van der Waals surface area contributed by atoms with E-state index in [-0.39, 0.29) is 62.4 Å². The van der Waals surface area contributed by atoms with Crippen molar-refractivity contribution in [2.45, 2.75) is 249 Å². The number of carbonyl (C=O) groups excluding carboxylic acids is 14. The summed E-state index contributed by atoms with van der Waals surface area (Å²) in [6.45, 7) is 28.4. The quantitative estimate of drug-likeness (QED) is 0.0342. The van der Waals surface area contributed by atoms with Crippen molar-refractivity contribution >= 4 is 82.8 Å². The van der Waals surface area contributed by atoms with Gasteiger partial charge in [-0.2, -0.15) is 0 Å². The van der Waals surface area contributed by atoms with Crippen molar-refractivity contribution in [2.75, 3.05) is 26.2 Å². The van der Waals surface area contributed by atoms with Crippen molar-refractivity contribution in [3.8, 4) is 0 Å². The minimum absolute atomic E-state index is 0.00231. The molecule has 572 valence electrons. The highest BCUT2D eigenvalue weighted by molar-refractivity contribution is 6.05. The number of aliphatic hydroxyl groups is 1. The number of nitrogens with two attached hydrogens (primary N) is 1. The van der Waals surface area contributed by atoms with Gasteiger partial charge in [-0.25, -0.2) is 4.79 Å². The standard InChI is InChI=1S/C72H118N14O16/c1-19-34-86(71(100)56(41(11)12)81-66(95)55(40(9)10)80-69(98)60(45(17)87)78-52(89)36-74-51(88)32-26-28-38(5)6)37-53(90)75-49(31-27-33-73)63(92)83-58(43(15)20-2)68(97)85-61-46(18)102-72(101)57(42(13)14)82-62(91)48(22-4)76-64(93)50(35-47-29-24-23-25-30-47)77-65(94)54(39(7)8)79-67(96)59(44(16)21-3)84-70(61)99/h22-25,29-30,38-41,43-46,49-50,54-56,58-61,87H,19-21,26-28,31-37,73H2,1-18H3,(H,74,88)(H,75,90)(H,76,93)(H,77,94)(H,78,89)(H,79,96)(H,80,98)(H,81,95)(H,82,91)(H,83,92)(H,84,99)(H,85,97)/b48-22-/t43?,44?,45?,46?,49-,50-,54+,55-,56+,58+,59+,60-,61+/m0/s1. The highest BCUT2D eigenvalue weighted by Crippen LogP contribution is 2.18. The third-order valence-electron chi connectivity index (χ3n) is 17.5. The van der Waals surface area contributed by atoms with Crippen LogP contribution < -0.4 is 69.5 Å². The van der Waals surface area contributed by atoms with Gasteiger partial charge < -0.3 is 84.3 Å². The minimum Gasteiger partial charge on any atom is -0.455 e. The molecule has 1 aromatic rings. The Morgan fingerprint density at radius 3 is 1.77 bits per heavy atom. The Balaban J connectivity index is 2.59. The Hall–Kier alpha value is -8.80. The lowest BCUT2D eigenvalue weighted by Gasteiger charge is -2.33. The lowest BCUT2D eigenvalue weighted by molar-refractivity contribution is -0.150. The number of hydrogen-bond donors (Lipinski definition) is 14. The number of benzene rings is 1. The number of amides is 13. The van der Waals surface area contributed by atoms with Gasteiger partial charge in [0.05, 0.1) is 19.2 Å². The fourth-order valence-electron chi connectivity index (χ4n) is 10.8. The van der Waals surface area contributed by atoms with Gasteiger partial charge in [-0.1, -0.05) is 146 Å². The Labute approximate surface area is 601 Å². The molecule has 1 saturated heterocycles. The highest BCUT2D eigenvalue weighted by Gasteiger charge is 2.41. The first-order chi connectivity index (χ1) is 47.9. The van der Waals surface area contributed by atoms with Gasteiger partial charge in [-0.05, 0) is 113 Å². The number of ether oxygens (including phenoxy) is 1. The topological polar surface area (TPSA) is 442 Å². The third-order valence-corrected chi connectivity index (χ3v) is 17.5. The predicted octanol–water partition coefficient (Wildman–Crippen LogP) is 1.33. The molecule has 30 heteroatoms. The third kappa shape index (κ3) is 29.3. The smallest absolute Gasteiger partial charge is 0.355 e. The summed E-state index contributed by atoms with van der Waals surface area (Å²) < 4.78 is 5.89. The van der Waals surface area contributed by atoms with E-state index in [4.69, 9.17) is 10.5 Å². The number of rotatable bonds is 34. The number of carbonyl (C=O) groups is 14. The van der Waals surface area contributed by atoms with Crippen molar-refractivity contribution in [3.63, 3.8) is 0 Å². The molecule has 0 bridgehead atoms. The molecule has 30 nitrogen and oxygen atoms in total. The van der Waals surface area contributed by atoms with E-state index in [0.29, 0.717) is 30.7 Å². The second-order valence-corrected chi connectivity index (χ2v) is 28.0. The van der Waals surface area contributed by atoms with E-state index in [2.05, 4.69) is 63.8 Å². The van der Waals surface area contributed by atoms with Gasteiger partial charge in [-0.3, -0.25) is 62.3 Å². The number of nitrogens with one attached hydrogen (secondary N) is 12. The van der Waals surface area contributed by atoms with Gasteiger partial charge in [0.15, 0.2) is 0 Å². The number of aliphatic hydroxyl groups excluding tert-OH is 1. The van der Waals surface area contributed by atoms with Crippen LogP contribution in [0.5, 0.6) is 0 Å². The average molecular weight is 1440 g/mol. The second-order valence-electron chi connectivity index (χ2n) is 28.0. The first kappa shape index (κ1) is 89.3. The van der Waals surface area contributed by atoms with Gasteiger partial charge in [0.1, 0.15) is 71.9 Å². The fourth-order valence-corrected chi connectivity index (χ4v) is 10.8. The van der Waals surface area contributed by atoms with E-state index in [1.54, 1.807) is 106 Å². The van der Waals surface area contributed by atoms with E-state index < -0.39 is 192 Å². The van der Waals surface area contributed by atoms with Crippen LogP contribution in [0.25, 0.3) is 0 Å². The summed E-state index contributed by atoms with van der Waals surface area (Å²) in [6, 6.07) is -4.13. The summed E-state index contributed by atoms with van der Waals surface area (Å²) in [4.78, 5) is 199. The van der Waals surface area contributed by atoms with E-state index in [1.165, 1.54) is 45.6 Å². The molecule has 1 aromatic carbocycles. The summed E-state index contributed by atoms with van der Waals surface area (Å²) in [5, 5.41) is 42.1. The van der Waals surface area contributed by atoms with Crippen molar-refractivity contribution in [1.82, 2.24) is 68.7 Å². The van der Waals surface area contributed by atoms with Gasteiger partial charge in [-0.15, -0.1) is 0 Å². The van der Waals surface area contributed by atoms with Crippen LogP contribution in [0.2, 0.25) is 0 Å². The van der Waals surface area contributed by atoms with Crippen LogP contribution in [0.1, 0.15) is 182 Å². The van der Waals surface area contributed by atoms with Crippen LogP contribution in [-0.2, 0) is 78.3 Å². The summed E-state index contributed by atoms with van der Waals surface area (Å²) in [6.07, 6.45) is 0.788. The Morgan fingerprint density at radius 2 is 1.24 bits per heavy atom. The maximum absolute atomic E-state index is 15.0. The molecule has 0 aliphatic carbocycles. The monoisotopic (exact) mass is 1430 g/mol. The molecule has 4 unspecified atom stereocenters. The molecule has 2 rings (SSSR count). The summed E-state index contributed by atoms with van der Waals surface area (Å²) >= 11 is 0. The van der Waals surface area contributed by atoms with Crippen LogP contribution in [0, 0.1) is 35.5 Å². The van der Waals surface area contributed by atoms with Crippen molar-refractivity contribution in [1.29, 1.82) is 0 Å². The Kier molecular flexibility index (Phi) is 39.0. The van der Waals surface area contributed by atoms with Gasteiger partial charge in [0.2, 0.25) is 70.9 Å². The van der Waals surface area contributed by atoms with Gasteiger partial charge in [0.25, 0.3) is 5.91 Å². The minimum atomic E-state index is -1.85. The molecule has 1 heterocycles. The van der Waals surface area contributed by atoms with Gasteiger partial charge in [0, 0.05) is 19.4 Å². The van der Waals surface area contributed by atoms with Crippen molar-refractivity contribution in [3.05, 3.63) is 58.9 Å². The normalized spacial score (nSPS) is 20.1. The van der Waals surface area contributed by atoms with Crippen LogP contribution in [0.4, 0.5) is 0 Å². The van der Waals surface area contributed by atoms with E-state index in [9.17, 15) is 72.2 Å². The lowest BCUT2D eigenvalue weighted by atomic mass is 9.95. The largest absolute Gasteiger partial charge is 0.455 e. The van der Waals surface area contributed by atoms with Crippen LogP contribution in [0.3, 0.4) is 0 Å². The first-order valence-electron chi connectivity index (χ1n) is 35.7. The SMILES string of the molecule is C/C=C1\NC(=O)[C@H](Cc2ccccc2)NC(=O)[C@@H](C(C)C)NC(=O)[C@@H](C(C)CC)NC(=O)[C@H](NC(=O)[C@H](NC(=O)[C@H](CCCN)NC(=O)CN(CCC)C(=O)[C@H](NC(=O)[C@@H](NC(=O)[C@@H](NC(=O)CNC(=O)CCCC(C)C)C(C)O)C(C)C)C(C)C)C(C)CC)C(C)OC(=O)C(=C(C)C)NC1=O. The summed E-state index contributed by atoms with van der Waals surface area (Å²) in [5.41, 5.74) is 6.06. The summed E-state index contributed by atoms with van der Waals surface area (Å²) in [5.74, 6) is -14.5. The fraction of sp³-hybridized carbons (Fsp3) is 0.667. The van der Waals surface area contributed by atoms with Gasteiger partial charge >= 0.3 is 5.97 Å². The highest BCUT2D eigenvalue weighted by atomic mass is 16.5. The number of cyclic esters (lactones) is 1. The zero-order valence-electron chi connectivity index (χ0n) is 63.1. The molecule has 1 aliphatic rings. The number of esters is 1. The molecular weight excluding hydrogens is 1320 g/mol. The number of allylic oxidation sites excluding steroid dienone is 2. The van der Waals surface area contributed by atoms with E-state index >= 15 is 0 Å². The van der Waals surface area contributed by atoms with Crippen LogP contribution >= 0.6 is 0 Å². The van der Waals surface area contributed by atoms with Crippen LogP contribution in [0.15, 0.2) is 53.4 Å². The van der Waals surface area contributed by atoms with E-state index in [0.717, 1.165) is 6.42 Å². The average Bonchev–Trinajstić information content (AvgIpc) is 1.00. The second kappa shape index (κ2) is 44.6. The molecule has 0 aromatic heterocycles. The molecule has 15 N–H and O–H groups in total. The van der Waals surface area contributed by atoms with E-state index in [1.807, 2.05) is 13.8 Å². The van der Waals surface area contributed by atoms with Crippen LogP contribution in [-0.4, -0.2) is 186 Å². The molecule has 1 aliphatic heterocycles.